The Morgan fingerprint density at radius 1 is 1.30 bits per heavy atom. The second-order valence-corrected chi connectivity index (χ2v) is 8.40. The number of hydrogen-bond donors (Lipinski definition) is 2. The lowest BCUT2D eigenvalue weighted by atomic mass is 9.89. The third-order valence-corrected chi connectivity index (χ3v) is 5.94. The van der Waals surface area contributed by atoms with Crippen LogP contribution < -0.4 is 15.0 Å². The topological polar surface area (TPSA) is 106 Å². The first kappa shape index (κ1) is 24.7. The molecule has 1 aromatic heterocycles. The predicted octanol–water partition coefficient (Wildman–Crippen LogP) is 3.38. The molecule has 0 saturated carbocycles. The number of hydrogen-bond acceptors (Lipinski definition) is 8. The molecular formula is C24H34N4O5. The molecule has 1 unspecified atom stereocenters. The van der Waals surface area contributed by atoms with Crippen LogP contribution in [0, 0.1) is 5.92 Å². The Morgan fingerprint density at radius 2 is 2.03 bits per heavy atom. The minimum atomic E-state index is -0.853. The van der Waals surface area contributed by atoms with Gasteiger partial charge in [-0.25, -0.2) is 9.97 Å². The third-order valence-electron chi connectivity index (χ3n) is 5.94. The van der Waals surface area contributed by atoms with Crippen molar-refractivity contribution in [3.05, 3.63) is 42.2 Å². The Morgan fingerprint density at radius 3 is 2.67 bits per heavy atom. The monoisotopic (exact) mass is 458 g/mol. The van der Waals surface area contributed by atoms with Crippen LogP contribution in [0.2, 0.25) is 0 Å². The number of aromatic nitrogens is 2. The highest BCUT2D eigenvalue weighted by molar-refractivity contribution is 5.70. The zero-order valence-corrected chi connectivity index (χ0v) is 19.8. The summed E-state index contributed by atoms with van der Waals surface area (Å²) in [5.41, 5.74) is 2.07. The Bertz CT molecular complexity index is 908. The number of carboxylic acids is 1. The van der Waals surface area contributed by atoms with Gasteiger partial charge in [-0.05, 0) is 24.5 Å². The van der Waals surface area contributed by atoms with Crippen molar-refractivity contribution in [1.82, 2.24) is 9.97 Å². The van der Waals surface area contributed by atoms with Gasteiger partial charge < -0.3 is 29.5 Å². The van der Waals surface area contributed by atoms with Crippen molar-refractivity contribution in [2.45, 2.75) is 38.8 Å². The van der Waals surface area contributed by atoms with Gasteiger partial charge in [-0.15, -0.1) is 0 Å². The van der Waals surface area contributed by atoms with E-state index < -0.39 is 11.6 Å². The molecule has 1 aliphatic heterocycles. The smallest absolute Gasteiger partial charge is 0.316 e. The number of para-hydroxylation sites is 1. The first-order valence-electron chi connectivity index (χ1n) is 11.3. The highest BCUT2D eigenvalue weighted by Crippen LogP contribution is 2.39. The van der Waals surface area contributed by atoms with Crippen LogP contribution in [0.4, 0.5) is 11.4 Å². The standard InChI is InChI=1S/C24H34N4O5/c1-5-33-23-25-13-19(14-26-23)27-24(17(2)3)16-32-11-10-28(24)21-9-7-6-8-20(21)18(15-31-4)12-22(29)30/h6-9,13-14,17-18,27H,5,10-12,15-16H2,1-4H3,(H,29,30)/t18?,24-/m1/s1. The highest BCUT2D eigenvalue weighted by atomic mass is 16.5. The molecular weight excluding hydrogens is 424 g/mol. The van der Waals surface area contributed by atoms with Gasteiger partial charge in [0.15, 0.2) is 0 Å². The van der Waals surface area contributed by atoms with E-state index in [2.05, 4.69) is 34.0 Å². The van der Waals surface area contributed by atoms with Gasteiger partial charge in [0.2, 0.25) is 0 Å². The Labute approximate surface area is 195 Å². The second kappa shape index (κ2) is 11.3. The van der Waals surface area contributed by atoms with Gasteiger partial charge in [0, 0.05) is 25.3 Å². The summed E-state index contributed by atoms with van der Waals surface area (Å²) in [6.07, 6.45) is 3.40. The molecule has 9 heteroatoms. The minimum absolute atomic E-state index is 0.00989. The number of nitrogens with zero attached hydrogens (tertiary/aromatic N) is 3. The van der Waals surface area contributed by atoms with Crippen LogP contribution in [0.1, 0.15) is 38.7 Å². The fraction of sp³-hybridized carbons (Fsp3) is 0.542. The Balaban J connectivity index is 2.02. The molecule has 0 amide bonds. The van der Waals surface area contributed by atoms with E-state index >= 15 is 0 Å². The largest absolute Gasteiger partial charge is 0.481 e. The van der Waals surface area contributed by atoms with Crippen molar-refractivity contribution in [1.29, 1.82) is 0 Å². The van der Waals surface area contributed by atoms with Crippen molar-refractivity contribution in [3.8, 4) is 6.01 Å². The van der Waals surface area contributed by atoms with Gasteiger partial charge in [-0.3, -0.25) is 4.79 Å². The summed E-state index contributed by atoms with van der Waals surface area (Å²) in [4.78, 5) is 22.4. The lowest BCUT2D eigenvalue weighted by Crippen LogP contribution is -2.65. The zero-order chi connectivity index (χ0) is 23.8. The number of ether oxygens (including phenoxy) is 3. The fourth-order valence-corrected chi connectivity index (χ4v) is 4.31. The van der Waals surface area contributed by atoms with E-state index in [-0.39, 0.29) is 18.3 Å². The highest BCUT2D eigenvalue weighted by Gasteiger charge is 2.44. The quantitative estimate of drug-likeness (QED) is 0.524. The van der Waals surface area contributed by atoms with E-state index in [9.17, 15) is 9.90 Å². The van der Waals surface area contributed by atoms with Gasteiger partial charge in [0.1, 0.15) is 5.66 Å². The van der Waals surface area contributed by atoms with Crippen molar-refractivity contribution in [3.63, 3.8) is 0 Å². The van der Waals surface area contributed by atoms with Crippen molar-refractivity contribution in [2.24, 2.45) is 5.92 Å². The molecule has 1 aliphatic rings. The lowest BCUT2D eigenvalue weighted by Gasteiger charge is -2.52. The molecule has 1 saturated heterocycles. The molecule has 33 heavy (non-hydrogen) atoms. The molecule has 1 aromatic carbocycles. The number of methoxy groups -OCH3 is 1. The number of anilines is 2. The van der Waals surface area contributed by atoms with Gasteiger partial charge in [-0.2, -0.15) is 0 Å². The number of carboxylic acid groups (broad SMARTS) is 1. The average Bonchev–Trinajstić information content (AvgIpc) is 2.80. The minimum Gasteiger partial charge on any atom is -0.481 e. The van der Waals surface area contributed by atoms with Gasteiger partial charge in [0.25, 0.3) is 0 Å². The molecule has 9 nitrogen and oxygen atoms in total. The van der Waals surface area contributed by atoms with Crippen LogP contribution >= 0.6 is 0 Å². The number of carbonyl (C=O) groups is 1. The van der Waals surface area contributed by atoms with Crippen molar-refractivity contribution < 1.29 is 24.1 Å². The lowest BCUT2D eigenvalue weighted by molar-refractivity contribution is -0.137. The Kier molecular flexibility index (Phi) is 8.46. The first-order valence-corrected chi connectivity index (χ1v) is 11.3. The van der Waals surface area contributed by atoms with Crippen LogP contribution in [-0.4, -0.2) is 66.8 Å². The van der Waals surface area contributed by atoms with Gasteiger partial charge in [-0.1, -0.05) is 32.0 Å². The number of nitrogens with one attached hydrogen (secondary N) is 1. The first-order chi connectivity index (χ1) is 15.9. The molecule has 0 spiro atoms. The molecule has 0 aliphatic carbocycles. The van der Waals surface area contributed by atoms with Crippen molar-refractivity contribution >= 4 is 17.3 Å². The summed E-state index contributed by atoms with van der Waals surface area (Å²) < 4.78 is 16.7. The summed E-state index contributed by atoms with van der Waals surface area (Å²) in [5, 5.41) is 13.1. The Hall–Kier alpha value is -2.91. The molecule has 2 heterocycles. The maximum absolute atomic E-state index is 11.6. The third kappa shape index (κ3) is 5.72. The molecule has 180 valence electrons. The van der Waals surface area contributed by atoms with Crippen LogP contribution in [0.15, 0.2) is 36.7 Å². The summed E-state index contributed by atoms with van der Waals surface area (Å²) in [6.45, 7) is 8.64. The summed E-state index contributed by atoms with van der Waals surface area (Å²) in [5.74, 6) is -0.989. The van der Waals surface area contributed by atoms with Crippen LogP contribution in [0.25, 0.3) is 0 Å². The SMILES string of the molecule is CCOc1ncc(N[C@]2(C(C)C)COCCN2c2ccccc2C(COC)CC(=O)O)cn1. The van der Waals surface area contributed by atoms with Crippen molar-refractivity contribution in [2.75, 3.05) is 50.3 Å². The predicted molar refractivity (Wildman–Crippen MR) is 126 cm³/mol. The number of aliphatic carboxylic acids is 1. The average molecular weight is 459 g/mol. The second-order valence-electron chi connectivity index (χ2n) is 8.40. The summed E-state index contributed by atoms with van der Waals surface area (Å²) in [6, 6.07) is 8.28. The molecule has 2 atom stereocenters. The van der Waals surface area contributed by atoms with E-state index in [1.54, 1.807) is 19.5 Å². The molecule has 3 rings (SSSR count). The maximum Gasteiger partial charge on any atom is 0.316 e. The van der Waals surface area contributed by atoms with Gasteiger partial charge >= 0.3 is 12.0 Å². The van der Waals surface area contributed by atoms with E-state index in [4.69, 9.17) is 14.2 Å². The summed E-state index contributed by atoms with van der Waals surface area (Å²) in [7, 11) is 1.60. The number of benzene rings is 1. The van der Waals surface area contributed by atoms with Gasteiger partial charge in [0.05, 0.1) is 50.9 Å². The van der Waals surface area contributed by atoms with Crippen LogP contribution in [-0.2, 0) is 14.3 Å². The fourth-order valence-electron chi connectivity index (χ4n) is 4.31. The normalized spacial score (nSPS) is 19.4. The molecule has 0 radical (unpaired) electrons. The van der Waals surface area contributed by atoms with E-state index in [1.807, 2.05) is 31.2 Å². The van der Waals surface area contributed by atoms with Crippen LogP contribution in [0.5, 0.6) is 6.01 Å². The summed E-state index contributed by atoms with van der Waals surface area (Å²) >= 11 is 0. The van der Waals surface area contributed by atoms with E-state index in [0.717, 1.165) is 16.9 Å². The molecule has 2 aromatic rings. The molecule has 1 fully saturated rings. The number of morpholine rings is 1. The maximum atomic E-state index is 11.6. The van der Waals surface area contributed by atoms with E-state index in [0.29, 0.717) is 39.0 Å². The number of rotatable bonds is 11. The zero-order valence-electron chi connectivity index (χ0n) is 19.8. The molecule has 0 bridgehead atoms. The van der Waals surface area contributed by atoms with Crippen LogP contribution in [0.3, 0.4) is 0 Å². The van der Waals surface area contributed by atoms with E-state index in [1.165, 1.54) is 0 Å². The molecule has 2 N–H and O–H groups in total.